The van der Waals surface area contributed by atoms with E-state index >= 15 is 0 Å². The van der Waals surface area contributed by atoms with E-state index in [1.165, 1.54) is 23.3 Å². The van der Waals surface area contributed by atoms with Crippen LogP contribution in [-0.4, -0.2) is 46.9 Å². The largest absolute Gasteiger partial charge is 0.497 e. The summed E-state index contributed by atoms with van der Waals surface area (Å²) in [4.78, 5) is 43.5. The highest BCUT2D eigenvalue weighted by molar-refractivity contribution is 7.12. The summed E-state index contributed by atoms with van der Waals surface area (Å²) in [6.07, 6.45) is 1.61. The summed E-state index contributed by atoms with van der Waals surface area (Å²) < 4.78 is 5.18. The molecule has 2 aliphatic rings. The summed E-state index contributed by atoms with van der Waals surface area (Å²) in [5.41, 5.74) is -0.168. The molecule has 0 spiro atoms. The van der Waals surface area contributed by atoms with Crippen LogP contribution >= 0.6 is 11.3 Å². The summed E-state index contributed by atoms with van der Waals surface area (Å²) in [5, 5.41) is 5.64. The number of thiazole rings is 1. The Balaban J connectivity index is 1.64. The van der Waals surface area contributed by atoms with Gasteiger partial charge >= 0.3 is 6.03 Å². The zero-order valence-electron chi connectivity index (χ0n) is 15.2. The van der Waals surface area contributed by atoms with Crippen molar-refractivity contribution in [3.63, 3.8) is 0 Å². The molecule has 0 saturated carbocycles. The molecule has 2 aromatic rings. The normalized spacial score (nSPS) is 20.4. The number of aryl methyl sites for hydroxylation is 1. The van der Waals surface area contributed by atoms with Crippen molar-refractivity contribution in [3.05, 3.63) is 45.4 Å². The number of benzene rings is 1. The third-order valence-corrected chi connectivity index (χ3v) is 5.41. The van der Waals surface area contributed by atoms with Crippen LogP contribution < -0.4 is 15.4 Å². The maximum Gasteiger partial charge on any atom is 0.323 e. The minimum Gasteiger partial charge on any atom is -0.497 e. The molecule has 0 radical (unpaired) electrons. The van der Waals surface area contributed by atoms with Crippen molar-refractivity contribution < 1.29 is 19.1 Å². The van der Waals surface area contributed by atoms with Crippen LogP contribution in [-0.2, 0) is 11.3 Å². The average Bonchev–Trinajstić information content (AvgIpc) is 3.30. The highest BCUT2D eigenvalue weighted by Gasteiger charge is 2.48. The molecule has 0 aliphatic carbocycles. The van der Waals surface area contributed by atoms with Gasteiger partial charge < -0.3 is 15.0 Å². The molecule has 1 aromatic heterocycles. The van der Waals surface area contributed by atoms with Crippen LogP contribution in [0.3, 0.4) is 0 Å². The first-order valence-corrected chi connectivity index (χ1v) is 9.27. The van der Waals surface area contributed by atoms with Gasteiger partial charge in [0.25, 0.3) is 11.8 Å². The predicted octanol–water partition coefficient (Wildman–Crippen LogP) is 1.05. The summed E-state index contributed by atoms with van der Waals surface area (Å²) in [6, 6.07) is 4.63. The second-order valence-electron chi connectivity index (χ2n) is 6.49. The van der Waals surface area contributed by atoms with Crippen LogP contribution in [0.4, 0.5) is 4.79 Å². The fraction of sp³-hybridized carbons (Fsp3) is 0.263. The molecule has 142 valence electrons. The molecule has 2 N–H and O–H groups in total. The van der Waals surface area contributed by atoms with Crippen LogP contribution in [0.1, 0.15) is 25.8 Å². The lowest BCUT2D eigenvalue weighted by atomic mass is 10.00. The van der Waals surface area contributed by atoms with Crippen LogP contribution in [0.15, 0.2) is 24.4 Å². The molecule has 2 aliphatic heterocycles. The average molecular weight is 396 g/mol. The maximum atomic E-state index is 12.8. The van der Waals surface area contributed by atoms with Crippen molar-refractivity contribution >= 4 is 29.2 Å². The number of methoxy groups -OCH3 is 1. The van der Waals surface area contributed by atoms with Crippen molar-refractivity contribution in [3.8, 4) is 17.6 Å². The van der Waals surface area contributed by atoms with Crippen molar-refractivity contribution in [2.24, 2.45) is 0 Å². The Morgan fingerprint density at radius 2 is 2.18 bits per heavy atom. The van der Waals surface area contributed by atoms with Gasteiger partial charge in [0.1, 0.15) is 5.75 Å². The van der Waals surface area contributed by atoms with Gasteiger partial charge in [0.15, 0.2) is 0 Å². The topological polar surface area (TPSA) is 101 Å². The Hall–Kier alpha value is -3.38. The Bertz CT molecular complexity index is 1070. The first-order chi connectivity index (χ1) is 13.4. The van der Waals surface area contributed by atoms with E-state index < -0.39 is 17.5 Å². The smallest absolute Gasteiger partial charge is 0.323 e. The first-order valence-electron chi connectivity index (χ1n) is 8.45. The third kappa shape index (κ3) is 3.08. The minimum atomic E-state index is -1.52. The van der Waals surface area contributed by atoms with Gasteiger partial charge in [0.2, 0.25) is 5.54 Å². The fourth-order valence-electron chi connectivity index (χ4n) is 3.20. The standard InChI is InChI=1S/C19H16N4O4S/c1-11-20-8-14(28-11)5-6-19(17(25)21-18(26)22-19)10-23-9-12-3-4-13(27-2)7-15(12)16(23)24/h3-4,7-8H,9-10H2,1-2H3,(H2,21,22,25,26)/t19-/m1/s1. The number of hydrogen-bond acceptors (Lipinski definition) is 6. The van der Waals surface area contributed by atoms with E-state index in [9.17, 15) is 14.4 Å². The lowest BCUT2D eigenvalue weighted by Gasteiger charge is -2.26. The van der Waals surface area contributed by atoms with Gasteiger partial charge in [-0.25, -0.2) is 9.78 Å². The zero-order valence-corrected chi connectivity index (χ0v) is 16.0. The Labute approximate surface area is 164 Å². The van der Waals surface area contributed by atoms with Gasteiger partial charge in [0, 0.05) is 12.1 Å². The lowest BCUT2D eigenvalue weighted by molar-refractivity contribution is -0.122. The maximum absolute atomic E-state index is 12.8. The van der Waals surface area contributed by atoms with Crippen LogP contribution in [0.25, 0.3) is 0 Å². The molecule has 1 fully saturated rings. The lowest BCUT2D eigenvalue weighted by Crippen LogP contribution is -2.54. The molecule has 1 atom stereocenters. The van der Waals surface area contributed by atoms with Crippen molar-refractivity contribution in [1.29, 1.82) is 0 Å². The molecular formula is C19H16N4O4S. The SMILES string of the molecule is COc1ccc2c(c1)C(=O)N(C[C@@]1(C#Cc3cnc(C)s3)NC(=O)NC1=O)C2. The Morgan fingerprint density at radius 3 is 2.82 bits per heavy atom. The first kappa shape index (κ1) is 18.0. The molecule has 0 unspecified atom stereocenters. The van der Waals surface area contributed by atoms with E-state index in [0.717, 1.165) is 10.6 Å². The van der Waals surface area contributed by atoms with E-state index in [1.54, 1.807) is 18.3 Å². The second kappa shape index (κ2) is 6.65. The molecule has 8 nitrogen and oxygen atoms in total. The summed E-state index contributed by atoms with van der Waals surface area (Å²) in [7, 11) is 1.53. The second-order valence-corrected chi connectivity index (χ2v) is 7.73. The van der Waals surface area contributed by atoms with Crippen LogP contribution in [0.5, 0.6) is 5.75 Å². The molecular weight excluding hydrogens is 380 g/mol. The molecule has 3 heterocycles. The number of nitrogens with zero attached hydrogens (tertiary/aromatic N) is 2. The van der Waals surface area contributed by atoms with Gasteiger partial charge in [-0.1, -0.05) is 17.9 Å². The van der Waals surface area contributed by atoms with Crippen molar-refractivity contribution in [2.75, 3.05) is 13.7 Å². The summed E-state index contributed by atoms with van der Waals surface area (Å²) in [6.45, 7) is 2.11. The van der Waals surface area contributed by atoms with Gasteiger partial charge in [-0.3, -0.25) is 14.9 Å². The van der Waals surface area contributed by atoms with E-state index in [4.69, 9.17) is 4.74 Å². The molecule has 1 saturated heterocycles. The zero-order chi connectivity index (χ0) is 19.9. The van der Waals surface area contributed by atoms with E-state index in [-0.39, 0.29) is 12.5 Å². The van der Waals surface area contributed by atoms with Gasteiger partial charge in [0.05, 0.1) is 29.7 Å². The predicted molar refractivity (Wildman–Crippen MR) is 101 cm³/mol. The highest BCUT2D eigenvalue weighted by atomic mass is 32.1. The van der Waals surface area contributed by atoms with Crippen LogP contribution in [0, 0.1) is 18.8 Å². The van der Waals surface area contributed by atoms with Gasteiger partial charge in [-0.2, -0.15) is 0 Å². The quantitative estimate of drug-likeness (QED) is 0.597. The number of carbonyl (C=O) groups is 3. The minimum absolute atomic E-state index is 0.0643. The molecule has 0 bridgehead atoms. The number of hydrogen-bond donors (Lipinski definition) is 2. The molecule has 4 amide bonds. The van der Waals surface area contributed by atoms with Crippen molar-refractivity contribution in [1.82, 2.24) is 20.5 Å². The summed E-state index contributed by atoms with van der Waals surface area (Å²) in [5.74, 6) is 5.52. The fourth-order valence-corrected chi connectivity index (χ4v) is 3.83. The highest BCUT2D eigenvalue weighted by Crippen LogP contribution is 2.28. The number of nitrogens with one attached hydrogen (secondary N) is 2. The number of rotatable bonds is 3. The molecule has 28 heavy (non-hydrogen) atoms. The van der Waals surface area contributed by atoms with Gasteiger partial charge in [-0.15, -0.1) is 11.3 Å². The molecule has 4 rings (SSSR count). The van der Waals surface area contributed by atoms with Crippen molar-refractivity contribution in [2.45, 2.75) is 19.0 Å². The number of amides is 4. The molecule has 1 aromatic carbocycles. The number of carbonyl (C=O) groups excluding carboxylic acids is 3. The number of ether oxygens (including phenoxy) is 1. The van der Waals surface area contributed by atoms with E-state index in [0.29, 0.717) is 22.7 Å². The third-order valence-electron chi connectivity index (χ3n) is 4.59. The van der Waals surface area contributed by atoms with Crippen LogP contribution in [0.2, 0.25) is 0 Å². The number of aromatic nitrogens is 1. The number of urea groups is 1. The summed E-state index contributed by atoms with van der Waals surface area (Å²) >= 11 is 1.39. The van der Waals surface area contributed by atoms with E-state index in [1.807, 2.05) is 13.0 Å². The van der Waals surface area contributed by atoms with Gasteiger partial charge in [-0.05, 0) is 24.6 Å². The monoisotopic (exact) mass is 396 g/mol. The number of fused-ring (bicyclic) bond motifs is 1. The Morgan fingerprint density at radius 1 is 1.36 bits per heavy atom. The number of imide groups is 1. The Kier molecular flexibility index (Phi) is 4.28. The molecule has 9 heteroatoms. The van der Waals surface area contributed by atoms with E-state index in [2.05, 4.69) is 27.5 Å².